The van der Waals surface area contributed by atoms with Gasteiger partial charge in [-0.15, -0.1) is 0 Å². The maximum atomic E-state index is 15.9. The van der Waals surface area contributed by atoms with Gasteiger partial charge in [-0.1, -0.05) is 121 Å². The number of fused-ring (bicyclic) bond motifs is 5. The van der Waals surface area contributed by atoms with Gasteiger partial charge in [0.2, 0.25) is 11.8 Å². The van der Waals surface area contributed by atoms with Crippen LogP contribution in [0.3, 0.4) is 0 Å². The second-order valence-corrected chi connectivity index (χ2v) is 12.8. The molecule has 2 aliphatic carbocycles. The number of anilines is 1. The number of imide groups is 1. The van der Waals surface area contributed by atoms with E-state index in [9.17, 15) is 10.1 Å². The molecule has 2 bridgehead atoms. The first-order chi connectivity index (χ1) is 23.2. The van der Waals surface area contributed by atoms with Gasteiger partial charge in [-0.05, 0) is 64.4 Å². The van der Waals surface area contributed by atoms with Gasteiger partial charge in [-0.3, -0.25) is 24.5 Å². The van der Waals surface area contributed by atoms with Crippen LogP contribution in [0.15, 0.2) is 133 Å². The number of benzene rings is 5. The van der Waals surface area contributed by atoms with Crippen LogP contribution in [0.2, 0.25) is 0 Å². The third-order valence-corrected chi connectivity index (χ3v) is 10.6. The van der Waals surface area contributed by atoms with Crippen molar-refractivity contribution in [1.82, 2.24) is 0 Å². The topological polar surface area (TPSA) is 97.6 Å². The van der Waals surface area contributed by atoms with Crippen LogP contribution in [0.1, 0.15) is 33.4 Å². The number of carbonyl (C=O) groups is 3. The smallest absolute Gasteiger partial charge is 0.293 e. The number of rotatable bonds is 6. The quantitative estimate of drug-likeness (QED) is 0.111. The van der Waals surface area contributed by atoms with Crippen LogP contribution in [0, 0.1) is 35.8 Å². The molecule has 1 aliphatic heterocycles. The number of nitrogens with zero attached hydrogens (tertiary/aromatic N) is 2. The Bertz CT molecular complexity index is 2080. The van der Waals surface area contributed by atoms with E-state index in [-0.39, 0.29) is 17.2 Å². The van der Waals surface area contributed by atoms with Crippen LogP contribution in [0.4, 0.5) is 11.4 Å². The van der Waals surface area contributed by atoms with E-state index in [0.29, 0.717) is 33.4 Å². The van der Waals surface area contributed by atoms with Crippen molar-refractivity contribution < 1.29 is 19.3 Å². The molecule has 2 amide bonds. The van der Waals surface area contributed by atoms with Crippen molar-refractivity contribution in [3.8, 4) is 0 Å². The van der Waals surface area contributed by atoms with Crippen molar-refractivity contribution in [2.75, 3.05) is 4.90 Å². The SMILES string of the molecule is Cc1cc(N2C(=O)[C@@H]3[C@@H](C2=O)[C@@]2(c4ccccc4)C(=O)[C@@]3(c3ccccc3)C(c3ccccc3)=C2c2ccccc2)c([N+](=O)[O-])cc1C. The number of hydrogen-bond donors (Lipinski definition) is 0. The largest absolute Gasteiger partial charge is 0.297 e. The first-order valence-corrected chi connectivity index (χ1v) is 15.9. The summed E-state index contributed by atoms with van der Waals surface area (Å²) in [5.74, 6) is -3.80. The van der Waals surface area contributed by atoms with E-state index in [2.05, 4.69) is 0 Å². The summed E-state index contributed by atoms with van der Waals surface area (Å²) in [6.07, 6.45) is 0. The molecule has 7 nitrogen and oxygen atoms in total. The molecule has 3 aliphatic rings. The fourth-order valence-electron chi connectivity index (χ4n) is 8.68. The standard InChI is InChI=1S/C41H30N2O5/c1-25-23-31(32(43(47)48)24-26(25)2)42-37(44)35-36(38(42)45)41(30-21-13-6-14-22-30)34(28-17-9-4-10-18-28)33(27-15-7-3-8-16-27)40(35,39(41)46)29-19-11-5-12-20-29/h3-24,35-36H,1-2H3/t35-,36-,40-,41-/m0/s1. The van der Waals surface area contributed by atoms with E-state index in [4.69, 9.17) is 0 Å². The van der Waals surface area contributed by atoms with E-state index in [1.54, 1.807) is 19.9 Å². The summed E-state index contributed by atoms with van der Waals surface area (Å²) in [5.41, 5.74) is 1.89. The lowest BCUT2D eigenvalue weighted by molar-refractivity contribution is -0.384. The molecule has 7 heteroatoms. The van der Waals surface area contributed by atoms with Crippen molar-refractivity contribution in [2.24, 2.45) is 11.8 Å². The summed E-state index contributed by atoms with van der Waals surface area (Å²) in [6, 6.07) is 40.6. The first kappa shape index (κ1) is 29.5. The molecule has 4 atom stereocenters. The van der Waals surface area contributed by atoms with Gasteiger partial charge in [-0.25, -0.2) is 4.90 Å². The van der Waals surface area contributed by atoms with Crippen molar-refractivity contribution >= 4 is 40.1 Å². The van der Waals surface area contributed by atoms with Gasteiger partial charge >= 0.3 is 0 Å². The van der Waals surface area contributed by atoms with Crippen LogP contribution in [0.5, 0.6) is 0 Å². The van der Waals surface area contributed by atoms with E-state index in [1.807, 2.05) is 121 Å². The highest BCUT2D eigenvalue weighted by molar-refractivity contribution is 6.39. The van der Waals surface area contributed by atoms with Gasteiger partial charge in [-0.2, -0.15) is 0 Å². The summed E-state index contributed by atoms with van der Waals surface area (Å²) in [6.45, 7) is 3.55. The fraction of sp³-hybridized carbons (Fsp3) is 0.146. The minimum atomic E-state index is -1.58. The Labute approximate surface area is 277 Å². The number of allylic oxidation sites excluding steroid dienone is 2. The lowest BCUT2D eigenvalue weighted by Gasteiger charge is -2.39. The Morgan fingerprint density at radius 3 is 1.35 bits per heavy atom. The zero-order chi connectivity index (χ0) is 33.4. The molecule has 0 N–H and O–H groups in total. The zero-order valence-corrected chi connectivity index (χ0v) is 26.3. The Morgan fingerprint density at radius 2 is 0.958 bits per heavy atom. The molecule has 1 saturated heterocycles. The van der Waals surface area contributed by atoms with E-state index in [0.717, 1.165) is 16.0 Å². The lowest BCUT2D eigenvalue weighted by Crippen LogP contribution is -2.45. The number of aryl methyl sites for hydroxylation is 2. The molecule has 5 aromatic carbocycles. The Balaban J connectivity index is 1.55. The average molecular weight is 631 g/mol. The molecule has 0 spiro atoms. The van der Waals surface area contributed by atoms with Crippen LogP contribution in [-0.2, 0) is 25.2 Å². The number of nitro groups is 1. The van der Waals surface area contributed by atoms with E-state index in [1.165, 1.54) is 6.07 Å². The number of nitro benzene ring substituents is 1. The minimum absolute atomic E-state index is 0.0757. The summed E-state index contributed by atoms with van der Waals surface area (Å²) in [4.78, 5) is 59.2. The van der Waals surface area contributed by atoms with Crippen molar-refractivity contribution in [3.63, 3.8) is 0 Å². The molecule has 0 radical (unpaired) electrons. The average Bonchev–Trinajstić information content (AvgIpc) is 3.62. The number of ketones is 1. The molecule has 1 saturated carbocycles. The lowest BCUT2D eigenvalue weighted by atomic mass is 9.59. The van der Waals surface area contributed by atoms with E-state index < -0.39 is 39.4 Å². The number of Topliss-reactive ketones (excluding diaryl/α,β-unsaturated/α-hetero) is 1. The first-order valence-electron chi connectivity index (χ1n) is 15.9. The third kappa shape index (κ3) is 3.61. The van der Waals surface area contributed by atoms with Crippen LogP contribution >= 0.6 is 0 Å². The molecule has 48 heavy (non-hydrogen) atoms. The Morgan fingerprint density at radius 1 is 0.583 bits per heavy atom. The summed E-state index contributed by atoms with van der Waals surface area (Å²) in [7, 11) is 0. The molecule has 2 fully saturated rings. The second kappa shape index (κ2) is 10.5. The Hall–Kier alpha value is -5.95. The maximum absolute atomic E-state index is 15.9. The number of hydrogen-bond acceptors (Lipinski definition) is 5. The number of carbonyl (C=O) groups excluding carboxylic acids is 3. The summed E-state index contributed by atoms with van der Waals surface area (Å²) in [5, 5.41) is 12.4. The minimum Gasteiger partial charge on any atom is -0.297 e. The summed E-state index contributed by atoms with van der Waals surface area (Å²) >= 11 is 0. The van der Waals surface area contributed by atoms with Gasteiger partial charge < -0.3 is 0 Å². The van der Waals surface area contributed by atoms with Crippen molar-refractivity contribution in [1.29, 1.82) is 0 Å². The Kier molecular flexibility index (Phi) is 6.47. The zero-order valence-electron chi connectivity index (χ0n) is 26.3. The van der Waals surface area contributed by atoms with Gasteiger partial charge in [0.25, 0.3) is 5.69 Å². The highest BCUT2D eigenvalue weighted by Crippen LogP contribution is 2.74. The van der Waals surface area contributed by atoms with Gasteiger partial charge in [0.05, 0.1) is 27.6 Å². The monoisotopic (exact) mass is 630 g/mol. The molecule has 5 aromatic rings. The fourth-order valence-corrected chi connectivity index (χ4v) is 8.68. The van der Waals surface area contributed by atoms with Gasteiger partial charge in [0, 0.05) is 6.07 Å². The van der Waals surface area contributed by atoms with Crippen LogP contribution in [-0.4, -0.2) is 22.5 Å². The van der Waals surface area contributed by atoms with Crippen LogP contribution in [0.25, 0.3) is 11.1 Å². The van der Waals surface area contributed by atoms with Crippen molar-refractivity contribution in [2.45, 2.75) is 24.7 Å². The van der Waals surface area contributed by atoms with Gasteiger partial charge in [0.1, 0.15) is 5.69 Å². The predicted molar refractivity (Wildman–Crippen MR) is 183 cm³/mol. The second-order valence-electron chi connectivity index (χ2n) is 12.8. The maximum Gasteiger partial charge on any atom is 0.293 e. The molecule has 0 aromatic heterocycles. The molecule has 0 unspecified atom stereocenters. The predicted octanol–water partition coefficient (Wildman–Crippen LogP) is 7.40. The number of amides is 2. The molecule has 234 valence electrons. The van der Waals surface area contributed by atoms with Crippen LogP contribution < -0.4 is 4.90 Å². The molecule has 1 heterocycles. The van der Waals surface area contributed by atoms with Crippen molar-refractivity contribution in [3.05, 3.63) is 177 Å². The molecule has 8 rings (SSSR count). The third-order valence-electron chi connectivity index (χ3n) is 10.6. The molecular weight excluding hydrogens is 600 g/mol. The van der Waals surface area contributed by atoms with Gasteiger partial charge in [0.15, 0.2) is 5.78 Å². The van der Waals surface area contributed by atoms with E-state index >= 15 is 14.4 Å². The molecular formula is C41H30N2O5. The highest BCUT2D eigenvalue weighted by Gasteiger charge is 2.83. The normalized spacial score (nSPS) is 24.4. The highest BCUT2D eigenvalue weighted by atomic mass is 16.6. The summed E-state index contributed by atoms with van der Waals surface area (Å²) < 4.78 is 0.